The summed E-state index contributed by atoms with van der Waals surface area (Å²) in [5.41, 5.74) is 1.18. The molecule has 8 heteroatoms. The number of rotatable bonds is 7. The topological polar surface area (TPSA) is 69.9 Å². The highest BCUT2D eigenvalue weighted by atomic mass is 127. The summed E-state index contributed by atoms with van der Waals surface area (Å²) >= 11 is 3.57. The van der Waals surface area contributed by atoms with Gasteiger partial charge in [0.15, 0.2) is 11.7 Å². The Hall–Kier alpha value is -1.55. The zero-order chi connectivity index (χ0) is 18.1. The van der Waals surface area contributed by atoms with Crippen LogP contribution in [0, 0.1) is 0 Å². The van der Waals surface area contributed by atoms with Crippen molar-refractivity contribution in [2.75, 3.05) is 26.7 Å². The molecule has 0 radical (unpaired) electrons. The average molecular weight is 535 g/mol. The van der Waals surface area contributed by atoms with Crippen molar-refractivity contribution in [3.05, 3.63) is 58.5 Å². The number of nitrogens with one attached hydrogen (secondary N) is 2. The van der Waals surface area contributed by atoms with E-state index in [1.807, 2.05) is 32.2 Å². The van der Waals surface area contributed by atoms with E-state index in [1.165, 1.54) is 11.8 Å². The Morgan fingerprint density at radius 1 is 1.23 bits per heavy atom. The summed E-state index contributed by atoms with van der Waals surface area (Å²) in [4.78, 5) is 18.4. The van der Waals surface area contributed by atoms with Crippen LogP contribution in [0.5, 0.6) is 0 Å². The maximum atomic E-state index is 11.8. The second-order valence-electron chi connectivity index (χ2n) is 5.42. The maximum absolute atomic E-state index is 11.8. The van der Waals surface area contributed by atoms with E-state index in [0.717, 1.165) is 23.5 Å². The number of nitrogens with zero attached hydrogens (tertiary/aromatic N) is 2. The van der Waals surface area contributed by atoms with Crippen LogP contribution in [0.1, 0.15) is 23.0 Å². The number of amides is 1. The molecule has 2 N–H and O–H groups in total. The molecule has 0 aliphatic heterocycles. The second kappa shape index (κ2) is 11.9. The number of benzene rings is 1. The third-order valence-electron chi connectivity index (χ3n) is 3.47. The maximum Gasteiger partial charge on any atom is 0.287 e. The quantitative estimate of drug-likeness (QED) is 0.247. The van der Waals surface area contributed by atoms with Gasteiger partial charge in [0.1, 0.15) is 0 Å². The Morgan fingerprint density at radius 3 is 2.65 bits per heavy atom. The largest absolute Gasteiger partial charge is 0.459 e. The molecular formula is C18H24BrIN4O2. The van der Waals surface area contributed by atoms with Crippen LogP contribution in [0.25, 0.3) is 0 Å². The summed E-state index contributed by atoms with van der Waals surface area (Å²) in [6.07, 6.45) is 1.48. The van der Waals surface area contributed by atoms with Crippen LogP contribution < -0.4 is 10.6 Å². The van der Waals surface area contributed by atoms with E-state index in [0.29, 0.717) is 18.8 Å². The number of furan rings is 1. The van der Waals surface area contributed by atoms with Gasteiger partial charge in [0.2, 0.25) is 0 Å². The van der Waals surface area contributed by atoms with Gasteiger partial charge in [-0.05, 0) is 30.7 Å². The summed E-state index contributed by atoms with van der Waals surface area (Å²) in [6.45, 7) is 4.46. The first-order valence-corrected chi connectivity index (χ1v) is 8.95. The molecule has 2 rings (SSSR count). The van der Waals surface area contributed by atoms with Crippen molar-refractivity contribution in [2.45, 2.75) is 13.5 Å². The predicted octanol–water partition coefficient (Wildman–Crippen LogP) is 3.49. The minimum atomic E-state index is -0.230. The van der Waals surface area contributed by atoms with Gasteiger partial charge in [-0.15, -0.1) is 24.0 Å². The van der Waals surface area contributed by atoms with Gasteiger partial charge in [0.25, 0.3) is 5.91 Å². The SMILES string of the molecule is CCNC(=NCCNC(=O)c1ccco1)N(C)Cc1ccccc1Br.I. The van der Waals surface area contributed by atoms with Crippen molar-refractivity contribution < 1.29 is 9.21 Å². The molecule has 0 fully saturated rings. The lowest BCUT2D eigenvalue weighted by molar-refractivity contribution is 0.0927. The molecular weight excluding hydrogens is 511 g/mol. The Bertz CT molecular complexity index is 707. The van der Waals surface area contributed by atoms with E-state index in [4.69, 9.17) is 4.42 Å². The molecule has 2 aromatic rings. The zero-order valence-electron chi connectivity index (χ0n) is 14.9. The fourth-order valence-corrected chi connectivity index (χ4v) is 2.66. The second-order valence-corrected chi connectivity index (χ2v) is 6.27. The van der Waals surface area contributed by atoms with Crippen molar-refractivity contribution in [3.63, 3.8) is 0 Å². The molecule has 6 nitrogen and oxygen atoms in total. The molecule has 0 spiro atoms. The van der Waals surface area contributed by atoms with Gasteiger partial charge in [-0.25, -0.2) is 0 Å². The van der Waals surface area contributed by atoms with E-state index in [2.05, 4.69) is 42.5 Å². The molecule has 1 aromatic carbocycles. The number of halogens is 2. The lowest BCUT2D eigenvalue weighted by Gasteiger charge is -2.22. The number of carbonyl (C=O) groups is 1. The Labute approximate surface area is 179 Å². The molecule has 0 bridgehead atoms. The highest BCUT2D eigenvalue weighted by molar-refractivity contribution is 14.0. The summed E-state index contributed by atoms with van der Waals surface area (Å²) < 4.78 is 6.13. The minimum absolute atomic E-state index is 0. The van der Waals surface area contributed by atoms with Crippen LogP contribution in [0.15, 0.2) is 56.5 Å². The third-order valence-corrected chi connectivity index (χ3v) is 4.24. The van der Waals surface area contributed by atoms with Gasteiger partial charge in [-0.3, -0.25) is 9.79 Å². The molecule has 1 heterocycles. The van der Waals surface area contributed by atoms with Gasteiger partial charge in [0, 0.05) is 31.2 Å². The highest BCUT2D eigenvalue weighted by Gasteiger charge is 2.09. The highest BCUT2D eigenvalue weighted by Crippen LogP contribution is 2.17. The van der Waals surface area contributed by atoms with Gasteiger partial charge in [-0.2, -0.15) is 0 Å². The number of aliphatic imine (C=N–C) groups is 1. The number of carbonyl (C=O) groups excluding carboxylic acids is 1. The molecule has 0 saturated heterocycles. The van der Waals surface area contributed by atoms with Crippen molar-refractivity contribution in [1.29, 1.82) is 0 Å². The van der Waals surface area contributed by atoms with Crippen molar-refractivity contribution in [2.24, 2.45) is 4.99 Å². The molecule has 26 heavy (non-hydrogen) atoms. The van der Waals surface area contributed by atoms with E-state index >= 15 is 0 Å². The standard InChI is InChI=1S/C18H23BrN4O2.HI/c1-3-20-18(23(2)13-14-7-4-5-8-15(14)19)22-11-10-21-17(24)16-9-6-12-25-16;/h4-9,12H,3,10-11,13H2,1-2H3,(H,20,22)(H,21,24);1H. The van der Waals surface area contributed by atoms with Gasteiger partial charge in [-0.1, -0.05) is 34.1 Å². The zero-order valence-corrected chi connectivity index (χ0v) is 18.8. The van der Waals surface area contributed by atoms with Crippen LogP contribution >= 0.6 is 39.9 Å². The molecule has 0 saturated carbocycles. The summed E-state index contributed by atoms with van der Waals surface area (Å²) in [5, 5.41) is 6.05. The number of hydrogen-bond acceptors (Lipinski definition) is 3. The fourth-order valence-electron chi connectivity index (χ4n) is 2.25. The molecule has 0 unspecified atom stereocenters. The fraction of sp³-hybridized carbons (Fsp3) is 0.333. The van der Waals surface area contributed by atoms with Crippen LogP contribution in [0.3, 0.4) is 0 Å². The smallest absolute Gasteiger partial charge is 0.287 e. The van der Waals surface area contributed by atoms with E-state index in [9.17, 15) is 4.79 Å². The Morgan fingerprint density at radius 2 is 2.00 bits per heavy atom. The lowest BCUT2D eigenvalue weighted by Crippen LogP contribution is -2.39. The first-order valence-electron chi connectivity index (χ1n) is 8.16. The lowest BCUT2D eigenvalue weighted by atomic mass is 10.2. The monoisotopic (exact) mass is 534 g/mol. The molecule has 1 amide bonds. The number of guanidine groups is 1. The van der Waals surface area contributed by atoms with E-state index < -0.39 is 0 Å². The van der Waals surface area contributed by atoms with Crippen molar-refractivity contribution in [1.82, 2.24) is 15.5 Å². The predicted molar refractivity (Wildman–Crippen MR) is 118 cm³/mol. The van der Waals surface area contributed by atoms with Crippen LogP contribution in [0.2, 0.25) is 0 Å². The van der Waals surface area contributed by atoms with Crippen molar-refractivity contribution >= 4 is 51.8 Å². The van der Waals surface area contributed by atoms with E-state index in [1.54, 1.807) is 12.1 Å². The number of hydrogen-bond donors (Lipinski definition) is 2. The van der Waals surface area contributed by atoms with Gasteiger partial charge >= 0.3 is 0 Å². The van der Waals surface area contributed by atoms with Crippen LogP contribution in [-0.4, -0.2) is 43.4 Å². The Kier molecular flexibility index (Phi) is 10.3. The first kappa shape index (κ1) is 22.5. The Balaban J connectivity index is 0.00000338. The summed E-state index contributed by atoms with van der Waals surface area (Å²) in [7, 11) is 1.99. The van der Waals surface area contributed by atoms with Gasteiger partial charge < -0.3 is 20.0 Å². The molecule has 0 atom stereocenters. The molecule has 0 aliphatic carbocycles. The minimum Gasteiger partial charge on any atom is -0.459 e. The average Bonchev–Trinajstić information content (AvgIpc) is 3.14. The normalized spacial score (nSPS) is 10.8. The first-order chi connectivity index (χ1) is 12.1. The van der Waals surface area contributed by atoms with Crippen LogP contribution in [0.4, 0.5) is 0 Å². The van der Waals surface area contributed by atoms with Gasteiger partial charge in [0.05, 0.1) is 12.8 Å². The third kappa shape index (κ3) is 6.99. The van der Waals surface area contributed by atoms with Crippen molar-refractivity contribution in [3.8, 4) is 0 Å². The summed E-state index contributed by atoms with van der Waals surface area (Å²) in [6, 6.07) is 11.4. The van der Waals surface area contributed by atoms with Crippen LogP contribution in [-0.2, 0) is 6.54 Å². The molecule has 0 aliphatic rings. The van der Waals surface area contributed by atoms with E-state index in [-0.39, 0.29) is 29.9 Å². The molecule has 1 aromatic heterocycles. The molecule has 142 valence electrons. The summed E-state index contributed by atoms with van der Waals surface area (Å²) in [5.74, 6) is 0.874.